The van der Waals surface area contributed by atoms with Crippen LogP contribution < -0.4 is 10.5 Å². The average Bonchev–Trinajstić information content (AvgIpc) is 2.38. The third kappa shape index (κ3) is 5.06. The second-order valence-corrected chi connectivity index (χ2v) is 6.26. The van der Waals surface area contributed by atoms with Crippen LogP contribution in [0, 0.1) is 0 Å². The van der Waals surface area contributed by atoms with E-state index in [9.17, 15) is 13.2 Å². The summed E-state index contributed by atoms with van der Waals surface area (Å²) in [5.74, 6) is -0.362. The molecule has 0 saturated carbocycles. The number of nitrogens with two attached hydrogens (primary N) is 1. The van der Waals surface area contributed by atoms with Gasteiger partial charge in [-0.1, -0.05) is 6.07 Å². The maximum atomic E-state index is 11.9. The first-order valence-electron chi connectivity index (χ1n) is 5.84. The van der Waals surface area contributed by atoms with Crippen LogP contribution in [-0.2, 0) is 19.6 Å². The summed E-state index contributed by atoms with van der Waals surface area (Å²) < 4.78 is 34.4. The van der Waals surface area contributed by atoms with E-state index >= 15 is 0 Å². The predicted molar refractivity (Wildman–Crippen MR) is 74.8 cm³/mol. The number of methoxy groups -OCH3 is 1. The van der Waals surface area contributed by atoms with E-state index in [0.29, 0.717) is 11.4 Å². The average molecular weight is 302 g/mol. The first-order chi connectivity index (χ1) is 9.35. The van der Waals surface area contributed by atoms with Gasteiger partial charge < -0.3 is 15.2 Å². The van der Waals surface area contributed by atoms with E-state index in [1.807, 2.05) is 0 Å². The molecule has 7 nitrogen and oxygen atoms in total. The number of carbonyl (C=O) groups is 1. The van der Waals surface area contributed by atoms with E-state index in [1.54, 1.807) is 24.3 Å². The number of hydrogen-bond acceptors (Lipinski definition) is 6. The first kappa shape index (κ1) is 16.3. The van der Waals surface area contributed by atoms with Crippen molar-refractivity contribution in [3.63, 3.8) is 0 Å². The fourth-order valence-corrected chi connectivity index (χ4v) is 2.28. The third-order valence-electron chi connectivity index (χ3n) is 2.52. The molecule has 0 atom stereocenters. The molecule has 0 bridgehead atoms. The van der Waals surface area contributed by atoms with Crippen molar-refractivity contribution in [1.29, 1.82) is 0 Å². The summed E-state index contributed by atoms with van der Waals surface area (Å²) in [6.07, 6.45) is 0. The molecule has 0 spiro atoms. The van der Waals surface area contributed by atoms with Crippen molar-refractivity contribution < 1.29 is 22.7 Å². The highest BCUT2D eigenvalue weighted by Gasteiger charge is 2.20. The number of esters is 1. The third-order valence-corrected chi connectivity index (χ3v) is 4.28. The van der Waals surface area contributed by atoms with E-state index in [4.69, 9.17) is 10.5 Å². The molecule has 0 aromatic heterocycles. The van der Waals surface area contributed by atoms with Gasteiger partial charge in [0, 0.05) is 18.8 Å². The van der Waals surface area contributed by atoms with Crippen LogP contribution in [0.4, 0.5) is 5.69 Å². The molecule has 0 aliphatic carbocycles. The zero-order valence-corrected chi connectivity index (χ0v) is 12.2. The lowest BCUT2D eigenvalue weighted by Gasteiger charge is -2.16. The maximum Gasteiger partial charge on any atom is 0.320 e. The van der Waals surface area contributed by atoms with Gasteiger partial charge in [-0.05, 0) is 12.1 Å². The van der Waals surface area contributed by atoms with Crippen LogP contribution in [0.25, 0.3) is 0 Å². The molecule has 2 N–H and O–H groups in total. The molecule has 0 aliphatic rings. The molecule has 1 rings (SSSR count). The molecule has 20 heavy (non-hydrogen) atoms. The summed E-state index contributed by atoms with van der Waals surface area (Å²) in [6.45, 7) is -0.353. The number of hydrogen-bond donors (Lipinski definition) is 1. The molecule has 1 aromatic carbocycles. The van der Waals surface area contributed by atoms with E-state index in [1.165, 1.54) is 14.2 Å². The van der Waals surface area contributed by atoms with Gasteiger partial charge in [0.1, 0.15) is 18.9 Å². The zero-order valence-electron chi connectivity index (χ0n) is 11.4. The molecular weight excluding hydrogens is 284 g/mol. The Labute approximate surface area is 118 Å². The number of carbonyl (C=O) groups excluding carboxylic acids is 1. The lowest BCUT2D eigenvalue weighted by molar-refractivity contribution is -0.140. The normalized spacial score (nSPS) is 11.3. The van der Waals surface area contributed by atoms with Gasteiger partial charge in [-0.15, -0.1) is 0 Å². The monoisotopic (exact) mass is 302 g/mol. The Morgan fingerprint density at radius 2 is 2.10 bits per heavy atom. The highest BCUT2D eigenvalue weighted by molar-refractivity contribution is 7.89. The van der Waals surface area contributed by atoms with Crippen molar-refractivity contribution in [3.8, 4) is 5.75 Å². The van der Waals surface area contributed by atoms with Gasteiger partial charge in [0.25, 0.3) is 0 Å². The summed E-state index contributed by atoms with van der Waals surface area (Å²) in [5, 5.41) is 0. The Morgan fingerprint density at radius 1 is 1.40 bits per heavy atom. The second kappa shape index (κ2) is 7.11. The summed E-state index contributed by atoms with van der Waals surface area (Å²) >= 11 is 0. The summed E-state index contributed by atoms with van der Waals surface area (Å²) in [7, 11) is -1.06. The van der Waals surface area contributed by atoms with Crippen molar-refractivity contribution in [2.75, 3.05) is 38.8 Å². The number of benzene rings is 1. The fourth-order valence-electron chi connectivity index (χ4n) is 1.37. The predicted octanol–water partition coefficient (Wildman–Crippen LogP) is 0.0822. The van der Waals surface area contributed by atoms with Crippen molar-refractivity contribution in [3.05, 3.63) is 24.3 Å². The zero-order chi connectivity index (χ0) is 15.2. The summed E-state index contributed by atoms with van der Waals surface area (Å²) in [6, 6.07) is 6.70. The van der Waals surface area contributed by atoms with Crippen molar-refractivity contribution in [2.24, 2.45) is 0 Å². The molecule has 0 radical (unpaired) electrons. The molecule has 0 unspecified atom stereocenters. The van der Waals surface area contributed by atoms with Gasteiger partial charge in [0.2, 0.25) is 10.0 Å². The van der Waals surface area contributed by atoms with E-state index in [0.717, 1.165) is 4.31 Å². The molecule has 0 saturated heterocycles. The lowest BCUT2D eigenvalue weighted by Crippen LogP contribution is -2.35. The minimum Gasteiger partial charge on any atom is -0.492 e. The SMILES string of the molecule is COC(=O)CN(C)S(=O)(=O)CCOc1cccc(N)c1. The van der Waals surface area contributed by atoms with E-state index < -0.39 is 16.0 Å². The Hall–Kier alpha value is -1.80. The van der Waals surface area contributed by atoms with Crippen LogP contribution in [-0.4, -0.2) is 51.8 Å². The van der Waals surface area contributed by atoms with Crippen LogP contribution in [0.15, 0.2) is 24.3 Å². The fraction of sp³-hybridized carbons (Fsp3) is 0.417. The first-order valence-corrected chi connectivity index (χ1v) is 7.45. The van der Waals surface area contributed by atoms with Crippen LogP contribution in [0.5, 0.6) is 5.75 Å². The standard InChI is InChI=1S/C12H18N2O5S/c1-14(9-12(15)18-2)20(16,17)7-6-19-11-5-3-4-10(13)8-11/h3-5,8H,6-7,9,13H2,1-2H3. The number of likely N-dealkylation sites (N-methyl/N-ethyl adjacent to an activating group) is 1. The van der Waals surface area contributed by atoms with Crippen LogP contribution >= 0.6 is 0 Å². The number of sulfonamides is 1. The summed E-state index contributed by atoms with van der Waals surface area (Å²) in [4.78, 5) is 11.0. The summed E-state index contributed by atoms with van der Waals surface area (Å²) in [5.41, 5.74) is 6.11. The number of ether oxygens (including phenoxy) is 2. The molecule has 112 valence electrons. The molecule has 0 fully saturated rings. The molecular formula is C12H18N2O5S. The smallest absolute Gasteiger partial charge is 0.320 e. The van der Waals surface area contributed by atoms with Gasteiger partial charge in [0.15, 0.2) is 0 Å². The topological polar surface area (TPSA) is 98.9 Å². The molecule has 0 amide bonds. The van der Waals surface area contributed by atoms with Crippen LogP contribution in [0.2, 0.25) is 0 Å². The van der Waals surface area contributed by atoms with Gasteiger partial charge in [0.05, 0.1) is 12.9 Å². The number of nitrogens with zero attached hydrogens (tertiary/aromatic N) is 1. The highest BCUT2D eigenvalue weighted by Crippen LogP contribution is 2.14. The van der Waals surface area contributed by atoms with Crippen molar-refractivity contribution >= 4 is 21.7 Å². The second-order valence-electron chi connectivity index (χ2n) is 4.07. The maximum absolute atomic E-state index is 11.9. The lowest BCUT2D eigenvalue weighted by atomic mass is 10.3. The van der Waals surface area contributed by atoms with E-state index in [2.05, 4.69) is 4.74 Å². The Kier molecular flexibility index (Phi) is 5.78. The van der Waals surface area contributed by atoms with E-state index in [-0.39, 0.29) is 18.9 Å². The quantitative estimate of drug-likeness (QED) is 0.566. The van der Waals surface area contributed by atoms with Gasteiger partial charge in [-0.2, -0.15) is 4.31 Å². The Balaban J connectivity index is 2.49. The Morgan fingerprint density at radius 3 is 2.70 bits per heavy atom. The Bertz CT molecular complexity index is 559. The molecule has 0 aliphatic heterocycles. The largest absolute Gasteiger partial charge is 0.492 e. The molecule has 1 aromatic rings. The number of rotatable bonds is 7. The number of anilines is 1. The number of nitrogen functional groups attached to an aromatic ring is 1. The van der Waals surface area contributed by atoms with Gasteiger partial charge >= 0.3 is 5.97 Å². The van der Waals surface area contributed by atoms with Crippen LogP contribution in [0.1, 0.15) is 0 Å². The van der Waals surface area contributed by atoms with Crippen molar-refractivity contribution in [1.82, 2.24) is 4.31 Å². The molecule has 8 heteroatoms. The van der Waals surface area contributed by atoms with Gasteiger partial charge in [-0.25, -0.2) is 8.42 Å². The minimum absolute atomic E-state index is 0.0305. The highest BCUT2D eigenvalue weighted by atomic mass is 32.2. The van der Waals surface area contributed by atoms with Gasteiger partial charge in [-0.3, -0.25) is 4.79 Å². The minimum atomic E-state index is -3.57. The van der Waals surface area contributed by atoms with Crippen molar-refractivity contribution in [2.45, 2.75) is 0 Å². The van der Waals surface area contributed by atoms with Crippen LogP contribution in [0.3, 0.4) is 0 Å². The molecule has 0 heterocycles.